The molecule has 1 fully saturated rings. The molecule has 1 aliphatic rings. The molecule has 1 aromatic carbocycles. The van der Waals surface area contributed by atoms with Crippen molar-refractivity contribution >= 4 is 23.2 Å². The van der Waals surface area contributed by atoms with E-state index >= 15 is 0 Å². The van der Waals surface area contributed by atoms with Crippen molar-refractivity contribution in [1.82, 2.24) is 15.3 Å². The zero-order valence-corrected chi connectivity index (χ0v) is 14.4. The Hall–Kier alpha value is -3.34. The summed E-state index contributed by atoms with van der Waals surface area (Å²) in [5.74, 6) is 0.639. The lowest BCUT2D eigenvalue weighted by molar-refractivity contribution is -0.120. The summed E-state index contributed by atoms with van der Waals surface area (Å²) in [5, 5.41) is 15.4. The SMILES string of the molecule is N#Cc1c(N)ncnc1N1CCCC(NC(=O)CNc2ccccc2)C1. The van der Waals surface area contributed by atoms with Gasteiger partial charge in [0.15, 0.2) is 5.82 Å². The van der Waals surface area contributed by atoms with Crippen LogP contribution in [0.15, 0.2) is 36.7 Å². The number of benzene rings is 1. The number of nitrogens with two attached hydrogens (primary N) is 1. The molecule has 134 valence electrons. The number of nitrogens with zero attached hydrogens (tertiary/aromatic N) is 4. The van der Waals surface area contributed by atoms with Gasteiger partial charge in [-0.3, -0.25) is 4.79 Å². The first kappa shape index (κ1) is 17.5. The molecule has 0 radical (unpaired) electrons. The van der Waals surface area contributed by atoms with Crippen molar-refractivity contribution in [1.29, 1.82) is 5.26 Å². The van der Waals surface area contributed by atoms with E-state index in [0.29, 0.717) is 12.4 Å². The van der Waals surface area contributed by atoms with Crippen molar-refractivity contribution < 1.29 is 4.79 Å². The smallest absolute Gasteiger partial charge is 0.239 e. The number of anilines is 3. The summed E-state index contributed by atoms with van der Waals surface area (Å²) in [6.45, 7) is 1.56. The van der Waals surface area contributed by atoms with E-state index in [1.54, 1.807) is 0 Å². The highest BCUT2D eigenvalue weighted by molar-refractivity contribution is 5.81. The molecule has 2 heterocycles. The Morgan fingerprint density at radius 3 is 2.92 bits per heavy atom. The third-order valence-electron chi connectivity index (χ3n) is 4.28. The number of amides is 1. The number of hydrogen-bond donors (Lipinski definition) is 3. The minimum atomic E-state index is -0.0663. The Morgan fingerprint density at radius 2 is 2.15 bits per heavy atom. The zero-order chi connectivity index (χ0) is 18.4. The second-order valence-corrected chi connectivity index (χ2v) is 6.14. The molecule has 3 rings (SSSR count). The van der Waals surface area contributed by atoms with Crippen LogP contribution in [-0.4, -0.2) is 41.6 Å². The van der Waals surface area contributed by atoms with Crippen LogP contribution >= 0.6 is 0 Å². The van der Waals surface area contributed by atoms with E-state index in [-0.39, 0.29) is 29.9 Å². The van der Waals surface area contributed by atoms with Gasteiger partial charge in [0.05, 0.1) is 6.54 Å². The molecule has 1 saturated heterocycles. The molecule has 4 N–H and O–H groups in total. The Balaban J connectivity index is 1.58. The average Bonchev–Trinajstić information content (AvgIpc) is 2.67. The summed E-state index contributed by atoms with van der Waals surface area (Å²) in [6.07, 6.45) is 3.14. The molecule has 8 heteroatoms. The van der Waals surface area contributed by atoms with E-state index < -0.39 is 0 Å². The maximum Gasteiger partial charge on any atom is 0.239 e. The topological polar surface area (TPSA) is 120 Å². The summed E-state index contributed by atoms with van der Waals surface area (Å²) >= 11 is 0. The summed E-state index contributed by atoms with van der Waals surface area (Å²) in [6, 6.07) is 11.7. The number of carbonyl (C=O) groups excluding carboxylic acids is 1. The van der Waals surface area contributed by atoms with E-state index in [4.69, 9.17) is 5.73 Å². The van der Waals surface area contributed by atoms with Crippen LogP contribution in [0.25, 0.3) is 0 Å². The molecule has 0 spiro atoms. The Labute approximate surface area is 152 Å². The van der Waals surface area contributed by atoms with Crippen molar-refractivity contribution in [3.63, 3.8) is 0 Å². The molecule has 1 aliphatic heterocycles. The van der Waals surface area contributed by atoms with Crippen LogP contribution in [-0.2, 0) is 4.79 Å². The number of para-hydroxylation sites is 1. The van der Waals surface area contributed by atoms with Gasteiger partial charge < -0.3 is 21.3 Å². The summed E-state index contributed by atoms with van der Waals surface area (Å²) < 4.78 is 0. The maximum absolute atomic E-state index is 12.2. The van der Waals surface area contributed by atoms with Crippen LogP contribution in [0, 0.1) is 11.3 Å². The number of nitrogens with one attached hydrogen (secondary N) is 2. The number of piperidine rings is 1. The van der Waals surface area contributed by atoms with Crippen LogP contribution in [0.4, 0.5) is 17.3 Å². The highest BCUT2D eigenvalue weighted by Gasteiger charge is 2.25. The van der Waals surface area contributed by atoms with Crippen molar-refractivity contribution in [2.24, 2.45) is 0 Å². The van der Waals surface area contributed by atoms with Crippen molar-refractivity contribution in [3.8, 4) is 6.07 Å². The van der Waals surface area contributed by atoms with Crippen molar-refractivity contribution in [2.75, 3.05) is 35.6 Å². The van der Waals surface area contributed by atoms with Crippen LogP contribution in [0.5, 0.6) is 0 Å². The average molecular weight is 351 g/mol. The van der Waals surface area contributed by atoms with Crippen LogP contribution in [0.2, 0.25) is 0 Å². The molecular formula is C18H21N7O. The van der Waals surface area contributed by atoms with Gasteiger partial charge in [-0.1, -0.05) is 18.2 Å². The minimum Gasteiger partial charge on any atom is -0.382 e. The van der Waals surface area contributed by atoms with E-state index in [1.807, 2.05) is 35.2 Å². The van der Waals surface area contributed by atoms with Gasteiger partial charge in [0.2, 0.25) is 5.91 Å². The van der Waals surface area contributed by atoms with Crippen LogP contribution < -0.4 is 21.3 Å². The second-order valence-electron chi connectivity index (χ2n) is 6.14. The Morgan fingerprint density at radius 1 is 1.35 bits per heavy atom. The van der Waals surface area contributed by atoms with Gasteiger partial charge in [-0.05, 0) is 25.0 Å². The van der Waals surface area contributed by atoms with E-state index in [1.165, 1.54) is 6.33 Å². The second kappa shape index (κ2) is 8.16. The predicted molar refractivity (Wildman–Crippen MR) is 99.5 cm³/mol. The zero-order valence-electron chi connectivity index (χ0n) is 14.4. The standard InChI is InChI=1S/C18H21N7O/c19-9-15-17(20)22-12-23-18(15)25-8-4-7-14(11-25)24-16(26)10-21-13-5-2-1-3-6-13/h1-3,5-6,12,14,21H,4,7-8,10-11H2,(H,24,26)(H2,20,22,23). The largest absolute Gasteiger partial charge is 0.382 e. The monoisotopic (exact) mass is 351 g/mol. The van der Waals surface area contributed by atoms with Crippen LogP contribution in [0.3, 0.4) is 0 Å². The van der Waals surface area contributed by atoms with Crippen LogP contribution in [0.1, 0.15) is 18.4 Å². The van der Waals surface area contributed by atoms with Crippen molar-refractivity contribution in [3.05, 3.63) is 42.2 Å². The normalized spacial score (nSPS) is 16.6. The first-order valence-electron chi connectivity index (χ1n) is 8.51. The minimum absolute atomic E-state index is 0.00319. The third kappa shape index (κ3) is 4.19. The number of aromatic nitrogens is 2. The molecule has 26 heavy (non-hydrogen) atoms. The molecular weight excluding hydrogens is 330 g/mol. The first-order chi connectivity index (χ1) is 12.7. The van der Waals surface area contributed by atoms with Gasteiger partial charge in [0.25, 0.3) is 0 Å². The third-order valence-corrected chi connectivity index (χ3v) is 4.28. The Bertz CT molecular complexity index is 803. The highest BCUT2D eigenvalue weighted by atomic mass is 16.2. The highest BCUT2D eigenvalue weighted by Crippen LogP contribution is 2.23. The fraction of sp³-hybridized carbons (Fsp3) is 0.333. The number of nitrogen functional groups attached to an aromatic ring is 1. The van der Waals surface area contributed by atoms with Gasteiger partial charge in [-0.15, -0.1) is 0 Å². The molecule has 0 aliphatic carbocycles. The van der Waals surface area contributed by atoms with Gasteiger partial charge in [-0.2, -0.15) is 5.26 Å². The van der Waals surface area contributed by atoms with E-state index in [0.717, 1.165) is 25.1 Å². The molecule has 1 atom stereocenters. The fourth-order valence-electron chi connectivity index (χ4n) is 3.04. The number of carbonyl (C=O) groups is 1. The van der Waals surface area contributed by atoms with E-state index in [9.17, 15) is 10.1 Å². The molecule has 1 unspecified atom stereocenters. The quantitative estimate of drug-likeness (QED) is 0.738. The lowest BCUT2D eigenvalue weighted by Gasteiger charge is -2.34. The van der Waals surface area contributed by atoms with Gasteiger partial charge >= 0.3 is 0 Å². The molecule has 0 bridgehead atoms. The molecule has 2 aromatic rings. The fourth-order valence-corrected chi connectivity index (χ4v) is 3.04. The van der Waals surface area contributed by atoms with Gasteiger partial charge in [0.1, 0.15) is 23.8 Å². The number of hydrogen-bond acceptors (Lipinski definition) is 7. The summed E-state index contributed by atoms with van der Waals surface area (Å²) in [4.78, 5) is 22.3. The molecule has 0 saturated carbocycles. The maximum atomic E-state index is 12.2. The number of nitriles is 1. The Kier molecular flexibility index (Phi) is 5.49. The van der Waals surface area contributed by atoms with Gasteiger partial charge in [0, 0.05) is 24.8 Å². The van der Waals surface area contributed by atoms with E-state index in [2.05, 4.69) is 26.7 Å². The molecule has 1 aromatic heterocycles. The first-order valence-corrected chi connectivity index (χ1v) is 8.51. The molecule has 8 nitrogen and oxygen atoms in total. The lowest BCUT2D eigenvalue weighted by Crippen LogP contribution is -2.49. The molecule has 1 amide bonds. The number of rotatable bonds is 5. The summed E-state index contributed by atoms with van der Waals surface area (Å²) in [5.41, 5.74) is 6.96. The van der Waals surface area contributed by atoms with Gasteiger partial charge in [-0.25, -0.2) is 9.97 Å². The summed E-state index contributed by atoms with van der Waals surface area (Å²) in [7, 11) is 0. The predicted octanol–water partition coefficient (Wildman–Crippen LogP) is 1.13. The van der Waals surface area contributed by atoms with Crippen molar-refractivity contribution in [2.45, 2.75) is 18.9 Å². The lowest BCUT2D eigenvalue weighted by atomic mass is 10.0.